The number of carbonyl (C=O) groups is 1. The van der Waals surface area contributed by atoms with E-state index in [4.69, 9.17) is 16.9 Å². The number of nitrogens with zero attached hydrogens (tertiary/aromatic N) is 2. The number of nitro groups is 1. The highest BCUT2D eigenvalue weighted by Gasteiger charge is 2.19. The standard InChI is InChI=1S/C8H4ClN3O3/c9-7-5(8(13)11-4-10)2-1-3-6(7)12(14)15/h1-3H,(H,11,13). The van der Waals surface area contributed by atoms with Gasteiger partial charge in [-0.1, -0.05) is 17.7 Å². The number of benzene rings is 1. The van der Waals surface area contributed by atoms with Gasteiger partial charge in [-0.05, 0) is 6.07 Å². The van der Waals surface area contributed by atoms with Crippen molar-refractivity contribution in [2.45, 2.75) is 0 Å². The Morgan fingerprint density at radius 1 is 1.60 bits per heavy atom. The zero-order valence-electron chi connectivity index (χ0n) is 7.23. The van der Waals surface area contributed by atoms with E-state index in [9.17, 15) is 14.9 Å². The van der Waals surface area contributed by atoms with Gasteiger partial charge >= 0.3 is 0 Å². The van der Waals surface area contributed by atoms with Gasteiger partial charge in [-0.25, -0.2) is 0 Å². The summed E-state index contributed by atoms with van der Waals surface area (Å²) in [6.07, 6.45) is 1.41. The summed E-state index contributed by atoms with van der Waals surface area (Å²) in [5.74, 6) is -0.772. The molecule has 1 amide bonds. The van der Waals surface area contributed by atoms with Crippen LogP contribution in [0.15, 0.2) is 18.2 Å². The summed E-state index contributed by atoms with van der Waals surface area (Å²) in [7, 11) is 0. The average Bonchev–Trinajstić information content (AvgIpc) is 2.17. The van der Waals surface area contributed by atoms with Crippen molar-refractivity contribution in [1.29, 1.82) is 5.26 Å². The number of nitro benzene ring substituents is 1. The molecule has 0 aliphatic rings. The third kappa shape index (κ3) is 2.21. The zero-order chi connectivity index (χ0) is 11.4. The number of nitrogens with one attached hydrogen (secondary N) is 1. The molecule has 0 heterocycles. The van der Waals surface area contributed by atoms with Crippen LogP contribution in [0, 0.1) is 21.6 Å². The van der Waals surface area contributed by atoms with Crippen LogP contribution in [0.3, 0.4) is 0 Å². The molecule has 0 spiro atoms. The fourth-order valence-corrected chi connectivity index (χ4v) is 1.24. The SMILES string of the molecule is N#CNC(=O)c1cccc([N+](=O)[O-])c1Cl. The van der Waals surface area contributed by atoms with Crippen LogP contribution in [0.1, 0.15) is 10.4 Å². The molecule has 76 valence electrons. The van der Waals surface area contributed by atoms with E-state index in [2.05, 4.69) is 0 Å². The molecule has 1 aromatic rings. The highest BCUT2D eigenvalue weighted by molar-refractivity contribution is 6.35. The molecule has 0 saturated carbocycles. The van der Waals surface area contributed by atoms with Gasteiger partial charge in [0.1, 0.15) is 5.02 Å². The Labute approximate surface area is 89.2 Å². The zero-order valence-corrected chi connectivity index (χ0v) is 7.99. The first-order valence-corrected chi connectivity index (χ1v) is 4.08. The summed E-state index contributed by atoms with van der Waals surface area (Å²) in [6.45, 7) is 0. The summed E-state index contributed by atoms with van der Waals surface area (Å²) >= 11 is 5.62. The van der Waals surface area contributed by atoms with E-state index < -0.39 is 10.8 Å². The Morgan fingerprint density at radius 3 is 2.80 bits per heavy atom. The van der Waals surface area contributed by atoms with E-state index in [-0.39, 0.29) is 16.3 Å². The molecule has 1 rings (SSSR count). The van der Waals surface area contributed by atoms with Crippen LogP contribution >= 0.6 is 11.6 Å². The maximum atomic E-state index is 11.2. The van der Waals surface area contributed by atoms with Crippen LogP contribution in [0.4, 0.5) is 5.69 Å². The van der Waals surface area contributed by atoms with Gasteiger partial charge in [0, 0.05) is 6.07 Å². The third-order valence-corrected chi connectivity index (χ3v) is 1.99. The Kier molecular flexibility index (Phi) is 3.21. The lowest BCUT2D eigenvalue weighted by atomic mass is 10.2. The lowest BCUT2D eigenvalue weighted by molar-refractivity contribution is -0.384. The van der Waals surface area contributed by atoms with Gasteiger partial charge in [-0.15, -0.1) is 0 Å². The second-order valence-corrected chi connectivity index (χ2v) is 2.84. The third-order valence-electron chi connectivity index (χ3n) is 1.59. The largest absolute Gasteiger partial charge is 0.288 e. The molecule has 6 nitrogen and oxygen atoms in total. The number of halogens is 1. The lowest BCUT2D eigenvalue weighted by Crippen LogP contribution is -2.17. The summed E-state index contributed by atoms with van der Waals surface area (Å²) in [4.78, 5) is 21.0. The highest BCUT2D eigenvalue weighted by Crippen LogP contribution is 2.27. The maximum Gasteiger partial charge on any atom is 0.288 e. The predicted molar refractivity (Wildman–Crippen MR) is 51.2 cm³/mol. The topological polar surface area (TPSA) is 96.0 Å². The summed E-state index contributed by atoms with van der Waals surface area (Å²) in [5.41, 5.74) is -0.477. The minimum atomic E-state index is -0.772. The van der Waals surface area contributed by atoms with E-state index in [0.29, 0.717) is 0 Å². The molecule has 0 aromatic heterocycles. The molecule has 0 radical (unpaired) electrons. The molecule has 0 saturated heterocycles. The van der Waals surface area contributed by atoms with Gasteiger partial charge in [0.2, 0.25) is 0 Å². The molecule has 0 aliphatic carbocycles. The molecular formula is C8H4ClN3O3. The van der Waals surface area contributed by atoms with Gasteiger partial charge in [0.05, 0.1) is 10.5 Å². The fraction of sp³-hybridized carbons (Fsp3) is 0. The average molecular weight is 226 g/mol. The molecular weight excluding hydrogens is 222 g/mol. The quantitative estimate of drug-likeness (QED) is 0.357. The van der Waals surface area contributed by atoms with Gasteiger partial charge in [-0.3, -0.25) is 20.2 Å². The normalized spacial score (nSPS) is 9.07. The van der Waals surface area contributed by atoms with Crippen LogP contribution in [0.2, 0.25) is 5.02 Å². The van der Waals surface area contributed by atoms with E-state index in [0.717, 1.165) is 0 Å². The van der Waals surface area contributed by atoms with Gasteiger partial charge in [0.25, 0.3) is 11.6 Å². The fourth-order valence-electron chi connectivity index (χ4n) is 0.954. The molecule has 0 bridgehead atoms. The van der Waals surface area contributed by atoms with Crippen LogP contribution in [-0.2, 0) is 0 Å². The van der Waals surface area contributed by atoms with Crippen molar-refractivity contribution in [3.05, 3.63) is 38.9 Å². The summed E-state index contributed by atoms with van der Waals surface area (Å²) in [6, 6.07) is 3.78. The number of amides is 1. The van der Waals surface area contributed by atoms with Crippen molar-refractivity contribution in [2.24, 2.45) is 0 Å². The van der Waals surface area contributed by atoms with Crippen LogP contribution in [0.25, 0.3) is 0 Å². The number of hydrogen-bond donors (Lipinski definition) is 1. The van der Waals surface area contributed by atoms with Crippen molar-refractivity contribution in [3.8, 4) is 6.19 Å². The second-order valence-electron chi connectivity index (χ2n) is 2.46. The summed E-state index contributed by atoms with van der Waals surface area (Å²) in [5, 5.41) is 20.2. The second kappa shape index (κ2) is 4.39. The number of carbonyl (C=O) groups excluding carboxylic acids is 1. The molecule has 15 heavy (non-hydrogen) atoms. The van der Waals surface area contributed by atoms with E-state index in [1.807, 2.05) is 5.32 Å². The van der Waals surface area contributed by atoms with E-state index >= 15 is 0 Å². The monoisotopic (exact) mass is 225 g/mol. The van der Waals surface area contributed by atoms with Crippen molar-refractivity contribution < 1.29 is 9.72 Å². The van der Waals surface area contributed by atoms with Gasteiger partial charge < -0.3 is 0 Å². The van der Waals surface area contributed by atoms with E-state index in [1.165, 1.54) is 24.4 Å². The molecule has 7 heteroatoms. The Morgan fingerprint density at radius 2 is 2.27 bits per heavy atom. The first-order chi connectivity index (χ1) is 7.07. The van der Waals surface area contributed by atoms with Crippen molar-refractivity contribution in [1.82, 2.24) is 5.32 Å². The van der Waals surface area contributed by atoms with Crippen molar-refractivity contribution in [2.75, 3.05) is 0 Å². The van der Waals surface area contributed by atoms with Gasteiger partial charge in [-0.2, -0.15) is 5.26 Å². The first-order valence-electron chi connectivity index (χ1n) is 3.70. The van der Waals surface area contributed by atoms with Crippen molar-refractivity contribution >= 4 is 23.2 Å². The van der Waals surface area contributed by atoms with Crippen LogP contribution < -0.4 is 5.32 Å². The lowest BCUT2D eigenvalue weighted by Gasteiger charge is -2.01. The van der Waals surface area contributed by atoms with Crippen molar-refractivity contribution in [3.63, 3.8) is 0 Å². The van der Waals surface area contributed by atoms with Crippen LogP contribution in [-0.4, -0.2) is 10.8 Å². The molecule has 1 aromatic carbocycles. The highest BCUT2D eigenvalue weighted by atomic mass is 35.5. The molecule has 0 unspecified atom stereocenters. The Hall–Kier alpha value is -2.13. The Balaban J connectivity index is 3.22. The number of hydrogen-bond acceptors (Lipinski definition) is 4. The smallest absolute Gasteiger partial charge is 0.268 e. The molecule has 1 N–H and O–H groups in total. The van der Waals surface area contributed by atoms with Gasteiger partial charge in [0.15, 0.2) is 6.19 Å². The minimum absolute atomic E-state index is 0.104. The minimum Gasteiger partial charge on any atom is -0.268 e. The maximum absolute atomic E-state index is 11.2. The Bertz CT molecular complexity index is 467. The van der Waals surface area contributed by atoms with E-state index in [1.54, 1.807) is 0 Å². The predicted octanol–water partition coefficient (Wildman–Crippen LogP) is 1.46. The first kappa shape index (κ1) is 10.9. The summed E-state index contributed by atoms with van der Waals surface area (Å²) < 4.78 is 0. The van der Waals surface area contributed by atoms with Crippen LogP contribution in [0.5, 0.6) is 0 Å². The molecule has 0 aliphatic heterocycles. The molecule has 0 fully saturated rings. The number of nitriles is 1. The number of rotatable bonds is 2. The molecule has 0 atom stereocenters.